The van der Waals surface area contributed by atoms with Crippen molar-refractivity contribution < 1.29 is 23.6 Å². The first-order chi connectivity index (χ1) is 12.1. The van der Waals surface area contributed by atoms with Crippen molar-refractivity contribution in [2.75, 3.05) is 33.4 Å². The van der Waals surface area contributed by atoms with Crippen molar-refractivity contribution in [2.24, 2.45) is 5.10 Å². The molecule has 0 N–H and O–H groups in total. The van der Waals surface area contributed by atoms with Crippen molar-refractivity contribution in [3.05, 3.63) is 34.0 Å². The average Bonchev–Trinajstić information content (AvgIpc) is 3.27. The number of nitro groups is 1. The standard InChI is InChI=1S/C14H15N5O6/c1-23-14(20)18-9-10(8-15-17-4-6-24-7-5-17)13(16-18)11-2-3-12(25-11)19(21)22/h2-3,8-9H,4-7H2,1H3/b15-8+. The molecule has 11 nitrogen and oxygen atoms in total. The Morgan fingerprint density at radius 3 is 2.84 bits per heavy atom. The predicted octanol–water partition coefficient (Wildman–Crippen LogP) is 1.33. The third-order valence-corrected chi connectivity index (χ3v) is 3.46. The molecule has 0 atom stereocenters. The molecule has 3 rings (SSSR count). The molecule has 0 aliphatic carbocycles. The molecule has 0 spiro atoms. The highest BCUT2D eigenvalue weighted by atomic mass is 16.6. The quantitative estimate of drug-likeness (QED) is 0.460. The molecule has 1 aliphatic heterocycles. The Morgan fingerprint density at radius 1 is 1.44 bits per heavy atom. The summed E-state index contributed by atoms with van der Waals surface area (Å²) in [5, 5.41) is 21.0. The fourth-order valence-electron chi connectivity index (χ4n) is 2.23. The topological polar surface area (TPSA) is 125 Å². The van der Waals surface area contributed by atoms with Crippen LogP contribution in [0.15, 0.2) is 27.8 Å². The highest BCUT2D eigenvalue weighted by Gasteiger charge is 2.20. The van der Waals surface area contributed by atoms with Gasteiger partial charge in [0.2, 0.25) is 0 Å². The molecule has 11 heteroatoms. The smallest absolute Gasteiger partial charge is 0.434 e. The zero-order chi connectivity index (χ0) is 17.8. The minimum Gasteiger partial charge on any atom is -0.451 e. The van der Waals surface area contributed by atoms with Gasteiger partial charge in [0.15, 0.2) is 5.76 Å². The number of nitrogens with zero attached hydrogens (tertiary/aromatic N) is 5. The van der Waals surface area contributed by atoms with Crippen molar-refractivity contribution >= 4 is 18.2 Å². The molecule has 25 heavy (non-hydrogen) atoms. The number of ether oxygens (including phenoxy) is 2. The molecule has 132 valence electrons. The first-order valence-corrected chi connectivity index (χ1v) is 7.37. The fourth-order valence-corrected chi connectivity index (χ4v) is 2.23. The minimum absolute atomic E-state index is 0.151. The van der Waals surface area contributed by atoms with Gasteiger partial charge in [-0.1, -0.05) is 0 Å². The van der Waals surface area contributed by atoms with Crippen molar-refractivity contribution in [1.29, 1.82) is 0 Å². The maximum atomic E-state index is 11.7. The van der Waals surface area contributed by atoms with Gasteiger partial charge in [0.05, 0.1) is 45.7 Å². The summed E-state index contributed by atoms with van der Waals surface area (Å²) >= 11 is 0. The summed E-state index contributed by atoms with van der Waals surface area (Å²) < 4.78 is 16.0. The molecular weight excluding hydrogens is 334 g/mol. The van der Waals surface area contributed by atoms with Crippen LogP contribution in [0.5, 0.6) is 0 Å². The van der Waals surface area contributed by atoms with E-state index in [1.54, 1.807) is 0 Å². The summed E-state index contributed by atoms with van der Waals surface area (Å²) in [5.74, 6) is -0.267. The van der Waals surface area contributed by atoms with E-state index >= 15 is 0 Å². The third-order valence-electron chi connectivity index (χ3n) is 3.46. The van der Waals surface area contributed by atoms with Gasteiger partial charge in [-0.05, 0) is 6.07 Å². The molecule has 0 bridgehead atoms. The first kappa shape index (κ1) is 16.6. The van der Waals surface area contributed by atoms with Crippen LogP contribution in [0.2, 0.25) is 0 Å². The van der Waals surface area contributed by atoms with E-state index in [9.17, 15) is 14.9 Å². The average molecular weight is 349 g/mol. The second-order valence-corrected chi connectivity index (χ2v) is 5.05. The molecule has 1 fully saturated rings. The van der Waals surface area contributed by atoms with E-state index in [2.05, 4.69) is 14.9 Å². The Bertz CT molecular complexity index is 804. The molecule has 0 radical (unpaired) electrons. The number of hydrazone groups is 1. The largest absolute Gasteiger partial charge is 0.451 e. The van der Waals surface area contributed by atoms with Crippen molar-refractivity contribution in [1.82, 2.24) is 14.8 Å². The number of rotatable bonds is 4. The molecule has 3 heterocycles. The molecule has 0 amide bonds. The second-order valence-electron chi connectivity index (χ2n) is 5.05. The van der Waals surface area contributed by atoms with Crippen LogP contribution in [0.1, 0.15) is 5.56 Å². The van der Waals surface area contributed by atoms with Gasteiger partial charge in [0, 0.05) is 11.8 Å². The van der Waals surface area contributed by atoms with Crippen LogP contribution in [0.3, 0.4) is 0 Å². The Morgan fingerprint density at radius 2 is 2.20 bits per heavy atom. The number of hydrogen-bond acceptors (Lipinski definition) is 9. The molecule has 2 aromatic heterocycles. The van der Waals surface area contributed by atoms with Crippen LogP contribution in [0, 0.1) is 10.1 Å². The Labute approximate surface area is 141 Å². The number of carbonyl (C=O) groups is 1. The lowest BCUT2D eigenvalue weighted by Gasteiger charge is -2.23. The summed E-state index contributed by atoms with van der Waals surface area (Å²) in [4.78, 5) is 21.8. The van der Waals surface area contributed by atoms with Crippen molar-refractivity contribution in [3.8, 4) is 11.5 Å². The summed E-state index contributed by atoms with van der Waals surface area (Å²) in [6.45, 7) is 2.44. The molecule has 0 unspecified atom stereocenters. The summed E-state index contributed by atoms with van der Waals surface area (Å²) in [6.07, 6.45) is 2.23. The summed E-state index contributed by atoms with van der Waals surface area (Å²) in [5.41, 5.74) is 0.705. The van der Waals surface area contributed by atoms with Gasteiger partial charge in [-0.15, -0.1) is 0 Å². The number of aromatic nitrogens is 2. The van der Waals surface area contributed by atoms with Crippen LogP contribution < -0.4 is 0 Å². The number of hydrogen-bond donors (Lipinski definition) is 0. The second kappa shape index (κ2) is 7.13. The van der Waals surface area contributed by atoms with Crippen molar-refractivity contribution in [3.63, 3.8) is 0 Å². The Kier molecular flexibility index (Phi) is 4.75. The SMILES string of the molecule is COC(=O)n1cc(/C=N/N2CCOCC2)c(-c2ccc([N+](=O)[O-])o2)n1. The molecule has 1 aliphatic rings. The molecule has 0 saturated carbocycles. The van der Waals surface area contributed by atoms with Crippen molar-refractivity contribution in [2.45, 2.75) is 0 Å². The summed E-state index contributed by atoms with van der Waals surface area (Å²) in [6, 6.07) is 2.63. The van der Waals surface area contributed by atoms with Gasteiger partial charge in [0.25, 0.3) is 0 Å². The lowest BCUT2D eigenvalue weighted by Crippen LogP contribution is -2.32. The molecule has 0 aromatic carbocycles. The lowest BCUT2D eigenvalue weighted by molar-refractivity contribution is -0.401. The monoisotopic (exact) mass is 349 g/mol. The van der Waals surface area contributed by atoms with Crippen LogP contribution in [-0.4, -0.2) is 65.4 Å². The zero-order valence-electron chi connectivity index (χ0n) is 13.3. The van der Waals surface area contributed by atoms with E-state index in [-0.39, 0.29) is 11.5 Å². The predicted molar refractivity (Wildman–Crippen MR) is 84.4 cm³/mol. The first-order valence-electron chi connectivity index (χ1n) is 7.37. The van der Waals surface area contributed by atoms with E-state index in [0.29, 0.717) is 31.9 Å². The molecule has 2 aromatic rings. The van der Waals surface area contributed by atoms with E-state index < -0.39 is 16.9 Å². The highest BCUT2D eigenvalue weighted by molar-refractivity contribution is 5.88. The maximum absolute atomic E-state index is 11.7. The summed E-state index contributed by atoms with van der Waals surface area (Å²) in [7, 11) is 1.23. The van der Waals surface area contributed by atoms with Gasteiger partial charge in [-0.3, -0.25) is 15.1 Å². The maximum Gasteiger partial charge on any atom is 0.434 e. The van der Waals surface area contributed by atoms with E-state index in [4.69, 9.17) is 9.15 Å². The van der Waals surface area contributed by atoms with E-state index in [1.165, 1.54) is 31.7 Å². The number of morpholine rings is 1. The minimum atomic E-state index is -0.701. The Hall–Kier alpha value is -3.21. The van der Waals surface area contributed by atoms with Crippen LogP contribution in [0.4, 0.5) is 10.7 Å². The number of methoxy groups -OCH3 is 1. The van der Waals surface area contributed by atoms with Crippen LogP contribution >= 0.6 is 0 Å². The number of carbonyl (C=O) groups excluding carboxylic acids is 1. The van der Waals surface area contributed by atoms with Crippen LogP contribution in [0.25, 0.3) is 11.5 Å². The number of furan rings is 1. The highest BCUT2D eigenvalue weighted by Crippen LogP contribution is 2.27. The van der Waals surface area contributed by atoms with Crippen LogP contribution in [-0.2, 0) is 9.47 Å². The molecule has 1 saturated heterocycles. The van der Waals surface area contributed by atoms with Gasteiger partial charge in [-0.25, -0.2) is 4.79 Å². The zero-order valence-corrected chi connectivity index (χ0v) is 13.3. The van der Waals surface area contributed by atoms with Gasteiger partial charge in [-0.2, -0.15) is 14.9 Å². The van der Waals surface area contributed by atoms with Gasteiger partial charge < -0.3 is 13.9 Å². The van der Waals surface area contributed by atoms with E-state index in [0.717, 1.165) is 4.68 Å². The van der Waals surface area contributed by atoms with Gasteiger partial charge >= 0.3 is 12.0 Å². The third kappa shape index (κ3) is 3.66. The van der Waals surface area contributed by atoms with E-state index in [1.807, 2.05) is 5.01 Å². The lowest BCUT2D eigenvalue weighted by atomic mass is 10.2. The fraction of sp³-hybridized carbons (Fsp3) is 0.357. The molecular formula is C14H15N5O6. The van der Waals surface area contributed by atoms with Gasteiger partial charge in [0.1, 0.15) is 10.6 Å². The normalized spacial score (nSPS) is 14.8. The Balaban J connectivity index is 1.93.